The average Bonchev–Trinajstić information content (AvgIpc) is 2.53. The summed E-state index contributed by atoms with van der Waals surface area (Å²) in [5, 5.41) is 12.0. The van der Waals surface area contributed by atoms with E-state index in [9.17, 15) is 0 Å². The van der Waals surface area contributed by atoms with Gasteiger partial charge in [-0.25, -0.2) is 0 Å². The molecule has 0 aromatic heterocycles. The molecule has 3 atom stereocenters. The van der Waals surface area contributed by atoms with Crippen LogP contribution in [0.4, 0.5) is 0 Å². The van der Waals surface area contributed by atoms with E-state index in [4.69, 9.17) is 5.21 Å². The van der Waals surface area contributed by atoms with Gasteiger partial charge in [-0.3, -0.25) is 0 Å². The number of nitrogens with zero attached hydrogens (tertiary/aromatic N) is 1. The van der Waals surface area contributed by atoms with E-state index in [2.05, 4.69) is 45.5 Å². The van der Waals surface area contributed by atoms with Gasteiger partial charge in [-0.05, 0) is 87.9 Å². The van der Waals surface area contributed by atoms with Gasteiger partial charge in [0.25, 0.3) is 0 Å². The van der Waals surface area contributed by atoms with Crippen molar-refractivity contribution >= 4 is 5.71 Å². The summed E-state index contributed by atoms with van der Waals surface area (Å²) in [5.74, 6) is 1.52. The highest BCUT2D eigenvalue weighted by Gasteiger charge is 2.52. The quantitative estimate of drug-likeness (QED) is 0.236. The molecule has 2 aliphatic carbocycles. The van der Waals surface area contributed by atoms with Crippen LogP contribution in [0.2, 0.25) is 0 Å². The normalized spacial score (nSPS) is 33.2. The number of allylic oxidation sites excluding steroid dienone is 3. The molecular weight excluding hydrogens is 306 g/mol. The van der Waals surface area contributed by atoms with Crippen LogP contribution in [0.3, 0.4) is 0 Å². The van der Waals surface area contributed by atoms with Gasteiger partial charge in [0.15, 0.2) is 0 Å². The molecule has 0 saturated heterocycles. The first-order valence-electron chi connectivity index (χ1n) is 10.2. The van der Waals surface area contributed by atoms with Crippen LogP contribution in [0.5, 0.6) is 0 Å². The number of hydrogen-bond acceptors (Lipinski definition) is 2. The van der Waals surface area contributed by atoms with Crippen molar-refractivity contribution in [3.05, 3.63) is 23.8 Å². The third-order valence-corrected chi connectivity index (χ3v) is 7.32. The minimum absolute atomic E-state index is 0.442. The van der Waals surface area contributed by atoms with Gasteiger partial charge >= 0.3 is 0 Å². The largest absolute Gasteiger partial charge is 0.411 e. The lowest BCUT2D eigenvalue weighted by Gasteiger charge is -2.58. The van der Waals surface area contributed by atoms with Crippen molar-refractivity contribution in [2.75, 3.05) is 0 Å². The monoisotopic (exact) mass is 345 g/mol. The molecule has 0 aliphatic heterocycles. The van der Waals surface area contributed by atoms with Crippen molar-refractivity contribution in [3.63, 3.8) is 0 Å². The number of fused-ring (bicyclic) bond motifs is 1. The Bertz CT molecular complexity index is 542. The second-order valence-corrected chi connectivity index (χ2v) is 9.61. The first-order chi connectivity index (χ1) is 11.7. The van der Waals surface area contributed by atoms with Gasteiger partial charge in [-0.1, -0.05) is 56.1 Å². The van der Waals surface area contributed by atoms with E-state index in [1.807, 2.05) is 6.92 Å². The fourth-order valence-electron chi connectivity index (χ4n) is 5.86. The van der Waals surface area contributed by atoms with E-state index in [-0.39, 0.29) is 0 Å². The highest BCUT2D eigenvalue weighted by molar-refractivity contribution is 5.81. The van der Waals surface area contributed by atoms with E-state index in [0.717, 1.165) is 24.5 Å². The third kappa shape index (κ3) is 4.57. The molecule has 2 rings (SSSR count). The summed E-state index contributed by atoms with van der Waals surface area (Å²) in [7, 11) is 0. The van der Waals surface area contributed by atoms with Crippen molar-refractivity contribution in [1.29, 1.82) is 0 Å². The Morgan fingerprint density at radius 1 is 1.24 bits per heavy atom. The minimum atomic E-state index is 0.442. The molecule has 0 amide bonds. The van der Waals surface area contributed by atoms with Crippen LogP contribution in [0.1, 0.15) is 92.4 Å². The van der Waals surface area contributed by atoms with Crippen LogP contribution in [0, 0.1) is 22.7 Å². The molecule has 2 fully saturated rings. The summed E-state index contributed by atoms with van der Waals surface area (Å²) in [6.45, 7) is 16.2. The first kappa shape index (κ1) is 20.3. The zero-order valence-corrected chi connectivity index (χ0v) is 17.2. The van der Waals surface area contributed by atoms with Crippen molar-refractivity contribution < 1.29 is 5.21 Å². The number of rotatable bonds is 6. The molecule has 2 saturated carbocycles. The zero-order valence-electron chi connectivity index (χ0n) is 17.2. The molecule has 0 aromatic rings. The third-order valence-electron chi connectivity index (χ3n) is 7.32. The Morgan fingerprint density at radius 2 is 1.96 bits per heavy atom. The lowest BCUT2D eigenvalue weighted by molar-refractivity contribution is -0.0539. The lowest BCUT2D eigenvalue weighted by Crippen LogP contribution is -2.49. The van der Waals surface area contributed by atoms with E-state index < -0.39 is 0 Å². The summed E-state index contributed by atoms with van der Waals surface area (Å²) in [4.78, 5) is 0. The second kappa shape index (κ2) is 8.10. The maximum atomic E-state index is 8.74. The Balaban J connectivity index is 2.02. The van der Waals surface area contributed by atoms with E-state index >= 15 is 0 Å². The molecule has 0 aromatic carbocycles. The minimum Gasteiger partial charge on any atom is -0.411 e. The van der Waals surface area contributed by atoms with Gasteiger partial charge in [0.1, 0.15) is 0 Å². The number of hydrogen-bond donors (Lipinski definition) is 1. The predicted octanol–water partition coefficient (Wildman–Crippen LogP) is 7.14. The molecule has 2 nitrogen and oxygen atoms in total. The smallest absolute Gasteiger partial charge is 0.0543 e. The highest BCUT2D eigenvalue weighted by atomic mass is 16.4. The molecule has 0 heterocycles. The van der Waals surface area contributed by atoms with Crippen molar-refractivity contribution in [1.82, 2.24) is 0 Å². The summed E-state index contributed by atoms with van der Waals surface area (Å²) >= 11 is 0. The van der Waals surface area contributed by atoms with Gasteiger partial charge in [-0.15, -0.1) is 0 Å². The highest BCUT2D eigenvalue weighted by Crippen LogP contribution is 2.61. The molecule has 0 radical (unpaired) electrons. The van der Waals surface area contributed by atoms with Crippen LogP contribution in [0.25, 0.3) is 0 Å². The predicted molar refractivity (Wildman–Crippen MR) is 108 cm³/mol. The van der Waals surface area contributed by atoms with Crippen LogP contribution in [-0.2, 0) is 0 Å². The summed E-state index contributed by atoms with van der Waals surface area (Å²) in [6.07, 6.45) is 13.3. The van der Waals surface area contributed by atoms with Crippen molar-refractivity contribution in [2.45, 2.75) is 92.4 Å². The SMILES string of the molecule is C=C1CC[C@H]2C(C)(C)CCC[C@]2(C)[C@@H]1CC/C(C)=C\CC/C(C)=N/O. The first-order valence-corrected chi connectivity index (χ1v) is 10.2. The topological polar surface area (TPSA) is 32.6 Å². The van der Waals surface area contributed by atoms with Crippen LogP contribution >= 0.6 is 0 Å². The van der Waals surface area contributed by atoms with Gasteiger partial charge in [-0.2, -0.15) is 0 Å². The fourth-order valence-corrected chi connectivity index (χ4v) is 5.86. The zero-order chi connectivity index (χ0) is 18.7. The number of oxime groups is 1. The molecule has 2 heteroatoms. The molecule has 25 heavy (non-hydrogen) atoms. The van der Waals surface area contributed by atoms with Gasteiger partial charge in [0, 0.05) is 0 Å². The summed E-state index contributed by atoms with van der Waals surface area (Å²) in [5.41, 5.74) is 4.71. The average molecular weight is 346 g/mol. The molecule has 1 N–H and O–H groups in total. The van der Waals surface area contributed by atoms with E-state index in [1.165, 1.54) is 56.1 Å². The van der Waals surface area contributed by atoms with Crippen molar-refractivity contribution in [2.24, 2.45) is 27.8 Å². The fraction of sp³-hybridized carbons (Fsp3) is 0.783. The molecule has 2 aliphatic rings. The van der Waals surface area contributed by atoms with E-state index in [0.29, 0.717) is 16.7 Å². The second-order valence-electron chi connectivity index (χ2n) is 9.61. The van der Waals surface area contributed by atoms with Gasteiger partial charge in [0.05, 0.1) is 5.71 Å². The maximum absolute atomic E-state index is 8.74. The Morgan fingerprint density at radius 3 is 2.64 bits per heavy atom. The Hall–Kier alpha value is -1.05. The van der Waals surface area contributed by atoms with E-state index in [1.54, 1.807) is 0 Å². The summed E-state index contributed by atoms with van der Waals surface area (Å²) in [6, 6.07) is 0. The maximum Gasteiger partial charge on any atom is 0.0543 e. The summed E-state index contributed by atoms with van der Waals surface area (Å²) < 4.78 is 0. The molecule has 0 bridgehead atoms. The standard InChI is InChI=1S/C23H39NO/c1-17(9-7-10-19(3)24-25)11-13-20-18(2)12-14-21-22(4,5)15-8-16-23(20,21)6/h9,20-21,25H,2,7-8,10-16H2,1,3-6H3/b17-9-,24-19+/t20-,21+,23-/m1/s1. The molecular formula is C23H39NO. The molecule has 0 spiro atoms. The van der Waals surface area contributed by atoms with Gasteiger partial charge in [0.2, 0.25) is 0 Å². The van der Waals surface area contributed by atoms with Gasteiger partial charge < -0.3 is 5.21 Å². The van der Waals surface area contributed by atoms with Crippen LogP contribution in [0.15, 0.2) is 29.0 Å². The Kier molecular flexibility index (Phi) is 6.56. The molecule has 0 unspecified atom stereocenters. The van der Waals surface area contributed by atoms with Crippen LogP contribution in [-0.4, -0.2) is 10.9 Å². The van der Waals surface area contributed by atoms with Crippen LogP contribution < -0.4 is 0 Å². The molecule has 142 valence electrons. The van der Waals surface area contributed by atoms with Crippen molar-refractivity contribution in [3.8, 4) is 0 Å². The Labute approximate surface area is 155 Å². The lowest BCUT2D eigenvalue weighted by atomic mass is 9.47.